The highest BCUT2D eigenvalue weighted by atomic mass is 32.2. The highest BCUT2D eigenvalue weighted by Gasteiger charge is 2.36. The van der Waals surface area contributed by atoms with Gasteiger partial charge in [0.25, 0.3) is 0 Å². The van der Waals surface area contributed by atoms with Crippen molar-refractivity contribution in [3.8, 4) is 0 Å². The first-order chi connectivity index (χ1) is 13.3. The van der Waals surface area contributed by atoms with Gasteiger partial charge in [0.2, 0.25) is 15.9 Å². The van der Waals surface area contributed by atoms with Gasteiger partial charge in [0.15, 0.2) is 0 Å². The number of carbonyl (C=O) groups is 1. The predicted molar refractivity (Wildman–Crippen MR) is 112 cm³/mol. The minimum absolute atomic E-state index is 0.0652. The van der Waals surface area contributed by atoms with Crippen molar-refractivity contribution in [1.29, 1.82) is 0 Å². The normalized spacial score (nSPS) is 17.8. The summed E-state index contributed by atoms with van der Waals surface area (Å²) >= 11 is 0. The molecule has 1 amide bonds. The third-order valence-electron chi connectivity index (χ3n) is 5.00. The zero-order valence-corrected chi connectivity index (χ0v) is 17.5. The number of nitrogens with zero attached hydrogens (tertiary/aromatic N) is 1. The van der Waals surface area contributed by atoms with Crippen molar-refractivity contribution in [1.82, 2.24) is 4.31 Å². The summed E-state index contributed by atoms with van der Waals surface area (Å²) in [6, 6.07) is 14.4. The third-order valence-corrected chi connectivity index (χ3v) is 6.93. The fourth-order valence-corrected chi connectivity index (χ4v) is 5.26. The first-order valence-electron chi connectivity index (χ1n) is 9.75. The maximum atomic E-state index is 13.2. The molecule has 6 heteroatoms. The van der Waals surface area contributed by atoms with E-state index in [1.807, 2.05) is 45.0 Å². The molecule has 0 spiro atoms. The summed E-state index contributed by atoms with van der Waals surface area (Å²) in [6.07, 6.45) is 2.11. The summed E-state index contributed by atoms with van der Waals surface area (Å²) in [5.74, 6) is 0.207. The largest absolute Gasteiger partial charge is 0.326 e. The molecule has 1 unspecified atom stereocenters. The van der Waals surface area contributed by atoms with Gasteiger partial charge in [0.1, 0.15) is 0 Å². The number of sulfonamides is 1. The van der Waals surface area contributed by atoms with E-state index in [9.17, 15) is 13.2 Å². The van der Waals surface area contributed by atoms with E-state index in [0.717, 1.165) is 24.0 Å². The minimum atomic E-state index is -3.59. The van der Waals surface area contributed by atoms with E-state index in [-0.39, 0.29) is 22.8 Å². The predicted octanol–water partition coefficient (Wildman–Crippen LogP) is 4.51. The van der Waals surface area contributed by atoms with Gasteiger partial charge in [0.05, 0.1) is 10.9 Å². The molecular weight excluding hydrogens is 372 g/mol. The van der Waals surface area contributed by atoms with Gasteiger partial charge in [-0.05, 0) is 55.5 Å². The van der Waals surface area contributed by atoms with Crippen molar-refractivity contribution in [2.45, 2.75) is 51.0 Å². The number of hydrogen-bond acceptors (Lipinski definition) is 3. The summed E-state index contributed by atoms with van der Waals surface area (Å²) < 4.78 is 28.0. The SMILES string of the molecule is Cc1ccc(C2CCCN2S(=O)(=O)c2ccc(NC(=O)CC(C)C)cc2)cc1. The summed E-state index contributed by atoms with van der Waals surface area (Å²) in [5.41, 5.74) is 2.80. The lowest BCUT2D eigenvalue weighted by atomic mass is 10.0. The van der Waals surface area contributed by atoms with Crippen LogP contribution >= 0.6 is 0 Å². The number of amides is 1. The van der Waals surface area contributed by atoms with Crippen molar-refractivity contribution in [3.63, 3.8) is 0 Å². The van der Waals surface area contributed by atoms with Gasteiger partial charge in [0, 0.05) is 18.7 Å². The highest BCUT2D eigenvalue weighted by molar-refractivity contribution is 7.89. The Bertz CT molecular complexity index is 919. The van der Waals surface area contributed by atoms with Gasteiger partial charge < -0.3 is 5.32 Å². The average molecular weight is 401 g/mol. The molecule has 2 aromatic rings. The van der Waals surface area contributed by atoms with E-state index < -0.39 is 10.0 Å². The molecule has 28 heavy (non-hydrogen) atoms. The maximum absolute atomic E-state index is 13.2. The van der Waals surface area contributed by atoms with Crippen LogP contribution in [0.1, 0.15) is 50.3 Å². The molecule has 1 atom stereocenters. The number of carbonyl (C=O) groups excluding carboxylic acids is 1. The molecule has 1 aliphatic heterocycles. The molecular formula is C22H28N2O3S. The van der Waals surface area contributed by atoms with Gasteiger partial charge >= 0.3 is 0 Å². The van der Waals surface area contributed by atoms with Gasteiger partial charge in [-0.3, -0.25) is 4.79 Å². The molecule has 0 aromatic heterocycles. The monoisotopic (exact) mass is 400 g/mol. The van der Waals surface area contributed by atoms with Crippen molar-refractivity contribution < 1.29 is 13.2 Å². The second kappa shape index (κ2) is 8.45. The van der Waals surface area contributed by atoms with Crippen molar-refractivity contribution in [3.05, 3.63) is 59.7 Å². The molecule has 150 valence electrons. The van der Waals surface area contributed by atoms with Gasteiger partial charge in [-0.1, -0.05) is 43.7 Å². The van der Waals surface area contributed by atoms with Crippen LogP contribution < -0.4 is 5.32 Å². The standard InChI is InChI=1S/C22H28N2O3S/c1-16(2)15-22(25)23-19-10-12-20(13-11-19)28(26,27)24-14-4-5-21(24)18-8-6-17(3)7-9-18/h6-13,16,21H,4-5,14-15H2,1-3H3,(H,23,25). The van der Waals surface area contributed by atoms with Crippen LogP contribution in [0.5, 0.6) is 0 Å². The topological polar surface area (TPSA) is 66.5 Å². The van der Waals surface area contributed by atoms with E-state index in [2.05, 4.69) is 5.32 Å². The molecule has 0 bridgehead atoms. The molecule has 5 nitrogen and oxygen atoms in total. The number of rotatable bonds is 6. The second-order valence-corrected chi connectivity index (χ2v) is 9.75. The lowest BCUT2D eigenvalue weighted by Crippen LogP contribution is -2.30. The first kappa shape index (κ1) is 20.6. The Morgan fingerprint density at radius 3 is 2.36 bits per heavy atom. The van der Waals surface area contributed by atoms with Gasteiger partial charge in [-0.25, -0.2) is 8.42 Å². The van der Waals surface area contributed by atoms with Crippen LogP contribution in [0.3, 0.4) is 0 Å². The van der Waals surface area contributed by atoms with E-state index in [0.29, 0.717) is 18.7 Å². The zero-order valence-electron chi connectivity index (χ0n) is 16.7. The average Bonchev–Trinajstić information content (AvgIpc) is 3.12. The lowest BCUT2D eigenvalue weighted by Gasteiger charge is -2.24. The van der Waals surface area contributed by atoms with Crippen LogP contribution in [0.2, 0.25) is 0 Å². The molecule has 2 aromatic carbocycles. The molecule has 1 N–H and O–H groups in total. The van der Waals surface area contributed by atoms with E-state index in [1.165, 1.54) is 0 Å². The van der Waals surface area contributed by atoms with Crippen molar-refractivity contribution >= 4 is 21.6 Å². The Morgan fingerprint density at radius 1 is 1.11 bits per heavy atom. The summed E-state index contributed by atoms with van der Waals surface area (Å²) in [5, 5.41) is 2.81. The fourth-order valence-electron chi connectivity index (χ4n) is 3.58. The third kappa shape index (κ3) is 4.62. The number of benzene rings is 2. The maximum Gasteiger partial charge on any atom is 0.243 e. The van der Waals surface area contributed by atoms with E-state index in [4.69, 9.17) is 0 Å². The Labute approximate surface area is 167 Å². The van der Waals surface area contributed by atoms with Crippen LogP contribution in [0.4, 0.5) is 5.69 Å². The molecule has 1 saturated heterocycles. The van der Waals surface area contributed by atoms with Crippen LogP contribution in [0.15, 0.2) is 53.4 Å². The molecule has 1 heterocycles. The van der Waals surface area contributed by atoms with Crippen molar-refractivity contribution in [2.24, 2.45) is 5.92 Å². The molecule has 0 radical (unpaired) electrons. The number of nitrogens with one attached hydrogen (secondary N) is 1. The van der Waals surface area contributed by atoms with E-state index >= 15 is 0 Å². The van der Waals surface area contributed by atoms with Crippen molar-refractivity contribution in [2.75, 3.05) is 11.9 Å². The number of aryl methyl sites for hydroxylation is 1. The van der Waals surface area contributed by atoms with Crippen LogP contribution in [-0.2, 0) is 14.8 Å². The quantitative estimate of drug-likeness (QED) is 0.776. The number of hydrogen-bond donors (Lipinski definition) is 1. The lowest BCUT2D eigenvalue weighted by molar-refractivity contribution is -0.116. The number of anilines is 1. The Morgan fingerprint density at radius 2 is 1.75 bits per heavy atom. The first-order valence-corrected chi connectivity index (χ1v) is 11.2. The second-order valence-electron chi connectivity index (χ2n) is 7.85. The molecule has 1 fully saturated rings. The zero-order chi connectivity index (χ0) is 20.3. The Balaban J connectivity index is 1.78. The minimum Gasteiger partial charge on any atom is -0.326 e. The summed E-state index contributed by atoms with van der Waals surface area (Å²) in [4.78, 5) is 12.2. The molecule has 0 saturated carbocycles. The molecule has 1 aliphatic rings. The summed E-state index contributed by atoms with van der Waals surface area (Å²) in [7, 11) is -3.59. The Kier molecular flexibility index (Phi) is 6.20. The van der Waals surface area contributed by atoms with Gasteiger partial charge in [-0.15, -0.1) is 0 Å². The van der Waals surface area contributed by atoms with Gasteiger partial charge in [-0.2, -0.15) is 4.31 Å². The Hall–Kier alpha value is -2.18. The molecule has 0 aliphatic carbocycles. The van der Waals surface area contributed by atoms with Crippen LogP contribution in [0, 0.1) is 12.8 Å². The summed E-state index contributed by atoms with van der Waals surface area (Å²) in [6.45, 7) is 6.51. The highest BCUT2D eigenvalue weighted by Crippen LogP contribution is 2.36. The smallest absolute Gasteiger partial charge is 0.243 e. The molecule has 3 rings (SSSR count). The van der Waals surface area contributed by atoms with E-state index in [1.54, 1.807) is 28.6 Å². The fraction of sp³-hybridized carbons (Fsp3) is 0.409. The van der Waals surface area contributed by atoms with Crippen LogP contribution in [0.25, 0.3) is 0 Å². The van der Waals surface area contributed by atoms with Crippen LogP contribution in [-0.4, -0.2) is 25.2 Å².